The molecule has 0 saturated heterocycles. The fraction of sp³-hybridized carbons (Fsp3) is 0.571. The molecule has 0 saturated carbocycles. The highest BCUT2D eigenvalue weighted by molar-refractivity contribution is 7.89. The molecule has 0 aliphatic carbocycles. The Morgan fingerprint density at radius 2 is 1.89 bits per heavy atom. The van der Waals surface area contributed by atoms with Gasteiger partial charge < -0.3 is 5.73 Å². The van der Waals surface area contributed by atoms with Crippen molar-refractivity contribution in [3.63, 3.8) is 0 Å². The number of nitrogens with one attached hydrogen (secondary N) is 1. The summed E-state index contributed by atoms with van der Waals surface area (Å²) in [6.45, 7) is 10.0. The van der Waals surface area contributed by atoms with E-state index in [1.807, 2.05) is 12.1 Å². The summed E-state index contributed by atoms with van der Waals surface area (Å²) in [5.41, 5.74) is 7.12. The van der Waals surface area contributed by atoms with Crippen molar-refractivity contribution in [1.82, 2.24) is 4.72 Å². The van der Waals surface area contributed by atoms with Gasteiger partial charge in [-0.2, -0.15) is 0 Å². The molecule has 0 aromatic heterocycles. The molecule has 108 valence electrons. The van der Waals surface area contributed by atoms with Crippen molar-refractivity contribution in [1.29, 1.82) is 0 Å². The summed E-state index contributed by atoms with van der Waals surface area (Å²) >= 11 is 0. The second kappa shape index (κ2) is 5.61. The van der Waals surface area contributed by atoms with Crippen LogP contribution >= 0.6 is 0 Å². The van der Waals surface area contributed by atoms with Crippen LogP contribution in [0.15, 0.2) is 23.1 Å². The van der Waals surface area contributed by atoms with E-state index in [-0.39, 0.29) is 18.0 Å². The predicted molar refractivity (Wildman–Crippen MR) is 78.7 cm³/mol. The van der Waals surface area contributed by atoms with Crippen molar-refractivity contribution < 1.29 is 8.42 Å². The zero-order valence-corrected chi connectivity index (χ0v) is 13.1. The van der Waals surface area contributed by atoms with Crippen molar-refractivity contribution in [3.05, 3.63) is 29.3 Å². The Balaban J connectivity index is 3.26. The minimum absolute atomic E-state index is 0.0859. The maximum absolute atomic E-state index is 12.3. The number of aryl methyl sites for hydroxylation is 1. The Hall–Kier alpha value is -0.910. The minimum Gasteiger partial charge on any atom is -0.329 e. The minimum atomic E-state index is -3.52. The molecule has 1 unspecified atom stereocenters. The van der Waals surface area contributed by atoms with E-state index in [4.69, 9.17) is 5.73 Å². The first kappa shape index (κ1) is 16.1. The number of rotatable bonds is 4. The topological polar surface area (TPSA) is 72.2 Å². The van der Waals surface area contributed by atoms with Crippen LogP contribution in [0, 0.1) is 6.92 Å². The van der Waals surface area contributed by atoms with Gasteiger partial charge in [0.25, 0.3) is 0 Å². The first-order valence-corrected chi connectivity index (χ1v) is 7.90. The third-order valence-electron chi connectivity index (χ3n) is 3.05. The number of sulfonamides is 1. The smallest absolute Gasteiger partial charge is 0.241 e. The summed E-state index contributed by atoms with van der Waals surface area (Å²) in [7, 11) is -3.52. The van der Waals surface area contributed by atoms with Gasteiger partial charge in [-0.3, -0.25) is 0 Å². The average Bonchev–Trinajstić information content (AvgIpc) is 2.26. The van der Waals surface area contributed by atoms with Crippen LogP contribution in [-0.4, -0.2) is 21.0 Å². The van der Waals surface area contributed by atoms with E-state index >= 15 is 0 Å². The average molecular weight is 284 g/mol. The first-order valence-electron chi connectivity index (χ1n) is 6.41. The molecule has 0 spiro atoms. The predicted octanol–water partition coefficient (Wildman–Crippen LogP) is 1.92. The van der Waals surface area contributed by atoms with Gasteiger partial charge in [0, 0.05) is 12.6 Å². The molecule has 0 aliphatic rings. The Kier molecular flexibility index (Phi) is 4.76. The standard InChI is InChI=1S/C14H24N2O2S/c1-10-6-7-12(14(3,4)5)8-13(10)19(17,18)16-11(2)9-15/h6-8,11,16H,9,15H2,1-5H3. The van der Waals surface area contributed by atoms with Crippen LogP contribution in [0.4, 0.5) is 0 Å². The van der Waals surface area contributed by atoms with Crippen LogP contribution in [0.2, 0.25) is 0 Å². The summed E-state index contributed by atoms with van der Waals surface area (Å²) in [5, 5.41) is 0. The molecule has 3 N–H and O–H groups in total. The molecule has 0 amide bonds. The summed E-state index contributed by atoms with van der Waals surface area (Å²) in [6, 6.07) is 5.30. The largest absolute Gasteiger partial charge is 0.329 e. The molecule has 0 aliphatic heterocycles. The van der Waals surface area contributed by atoms with Gasteiger partial charge in [-0.05, 0) is 36.5 Å². The molecule has 1 aromatic rings. The Bertz CT molecular complexity index is 545. The highest BCUT2D eigenvalue weighted by Crippen LogP contribution is 2.26. The van der Waals surface area contributed by atoms with Gasteiger partial charge in [-0.1, -0.05) is 32.9 Å². The first-order chi connectivity index (χ1) is 8.58. The normalized spacial score (nSPS) is 14.4. The van der Waals surface area contributed by atoms with Crippen molar-refractivity contribution in [2.45, 2.75) is 51.0 Å². The second-order valence-electron chi connectivity index (χ2n) is 5.99. The van der Waals surface area contributed by atoms with Gasteiger partial charge in [0.1, 0.15) is 0 Å². The van der Waals surface area contributed by atoms with Gasteiger partial charge in [-0.25, -0.2) is 13.1 Å². The third-order valence-corrected chi connectivity index (χ3v) is 4.79. The quantitative estimate of drug-likeness (QED) is 0.887. The van der Waals surface area contributed by atoms with Gasteiger partial charge in [0.05, 0.1) is 4.90 Å². The van der Waals surface area contributed by atoms with Gasteiger partial charge >= 0.3 is 0 Å². The van der Waals surface area contributed by atoms with Crippen LogP contribution < -0.4 is 10.5 Å². The van der Waals surface area contributed by atoms with E-state index in [1.165, 1.54) is 0 Å². The van der Waals surface area contributed by atoms with E-state index in [0.717, 1.165) is 11.1 Å². The lowest BCUT2D eigenvalue weighted by molar-refractivity contribution is 0.559. The van der Waals surface area contributed by atoms with E-state index in [0.29, 0.717) is 4.90 Å². The van der Waals surface area contributed by atoms with Crippen molar-refractivity contribution in [2.75, 3.05) is 6.54 Å². The summed E-state index contributed by atoms with van der Waals surface area (Å²) in [5.74, 6) is 0. The molecule has 4 nitrogen and oxygen atoms in total. The SMILES string of the molecule is Cc1ccc(C(C)(C)C)cc1S(=O)(=O)NC(C)CN. The monoisotopic (exact) mass is 284 g/mol. The lowest BCUT2D eigenvalue weighted by Crippen LogP contribution is -2.38. The fourth-order valence-corrected chi connectivity index (χ4v) is 3.26. The summed E-state index contributed by atoms with van der Waals surface area (Å²) in [6.07, 6.45) is 0. The Morgan fingerprint density at radius 1 is 1.32 bits per heavy atom. The lowest BCUT2D eigenvalue weighted by Gasteiger charge is -2.21. The van der Waals surface area contributed by atoms with Gasteiger partial charge in [0.15, 0.2) is 0 Å². The molecular weight excluding hydrogens is 260 g/mol. The maximum atomic E-state index is 12.3. The van der Waals surface area contributed by atoms with E-state index in [1.54, 1.807) is 19.9 Å². The summed E-state index contributed by atoms with van der Waals surface area (Å²) in [4.78, 5) is 0.334. The van der Waals surface area contributed by atoms with Crippen LogP contribution in [-0.2, 0) is 15.4 Å². The third kappa shape index (κ3) is 4.03. The second-order valence-corrected chi connectivity index (χ2v) is 7.67. The van der Waals surface area contributed by atoms with Crippen LogP contribution in [0.1, 0.15) is 38.8 Å². The molecule has 1 rings (SSSR count). The Labute approximate surface area is 116 Å². The highest BCUT2D eigenvalue weighted by atomic mass is 32.2. The van der Waals surface area contributed by atoms with Crippen molar-refractivity contribution in [3.8, 4) is 0 Å². The van der Waals surface area contributed by atoms with Crippen LogP contribution in [0.5, 0.6) is 0 Å². The Morgan fingerprint density at radius 3 is 2.37 bits per heavy atom. The molecule has 0 fully saturated rings. The van der Waals surface area contributed by atoms with E-state index in [2.05, 4.69) is 25.5 Å². The molecule has 1 aromatic carbocycles. The van der Waals surface area contributed by atoms with Gasteiger partial charge in [0.2, 0.25) is 10.0 Å². The van der Waals surface area contributed by atoms with E-state index < -0.39 is 10.0 Å². The molecule has 0 radical (unpaired) electrons. The zero-order chi connectivity index (χ0) is 14.8. The molecule has 1 atom stereocenters. The van der Waals surface area contributed by atoms with Crippen LogP contribution in [0.25, 0.3) is 0 Å². The molecule has 19 heavy (non-hydrogen) atoms. The molecule has 5 heteroatoms. The molecule has 0 heterocycles. The number of hydrogen-bond donors (Lipinski definition) is 2. The van der Waals surface area contributed by atoms with Crippen molar-refractivity contribution >= 4 is 10.0 Å². The van der Waals surface area contributed by atoms with Crippen LogP contribution in [0.3, 0.4) is 0 Å². The zero-order valence-electron chi connectivity index (χ0n) is 12.3. The van der Waals surface area contributed by atoms with Crippen molar-refractivity contribution in [2.24, 2.45) is 5.73 Å². The maximum Gasteiger partial charge on any atom is 0.241 e. The molecule has 0 bridgehead atoms. The molecular formula is C14H24N2O2S. The number of nitrogens with two attached hydrogens (primary N) is 1. The van der Waals surface area contributed by atoms with Gasteiger partial charge in [-0.15, -0.1) is 0 Å². The van der Waals surface area contributed by atoms with E-state index in [9.17, 15) is 8.42 Å². The summed E-state index contributed by atoms with van der Waals surface area (Å²) < 4.78 is 27.3. The fourth-order valence-electron chi connectivity index (χ4n) is 1.73. The highest BCUT2D eigenvalue weighted by Gasteiger charge is 2.22. The lowest BCUT2D eigenvalue weighted by atomic mass is 9.87. The number of hydrogen-bond acceptors (Lipinski definition) is 3. The number of benzene rings is 1.